The maximum Gasteiger partial charge on any atom is 0.253 e. The average Bonchev–Trinajstić information content (AvgIpc) is 2.91. The number of piperazine rings is 1. The van der Waals surface area contributed by atoms with Gasteiger partial charge in [-0.05, 0) is 54.4 Å². The molecule has 4 rings (SSSR count). The van der Waals surface area contributed by atoms with Crippen molar-refractivity contribution in [2.24, 2.45) is 0 Å². The maximum atomic E-state index is 12.9. The van der Waals surface area contributed by atoms with Crippen molar-refractivity contribution in [1.82, 2.24) is 9.80 Å². The Bertz CT molecular complexity index is 1100. The predicted octanol–water partition coefficient (Wildman–Crippen LogP) is 5.46. The lowest BCUT2D eigenvalue weighted by Gasteiger charge is -2.32. The summed E-state index contributed by atoms with van der Waals surface area (Å²) in [6.45, 7) is 6.04. The number of carbonyl (C=O) groups is 2. The third kappa shape index (κ3) is 6.37. The summed E-state index contributed by atoms with van der Waals surface area (Å²) in [6.07, 6.45) is 2.46. The van der Waals surface area contributed by atoms with Gasteiger partial charge in [-0.15, -0.1) is 0 Å². The Labute approximate surface area is 209 Å². The highest BCUT2D eigenvalue weighted by molar-refractivity contribution is 5.95. The molecule has 3 aromatic carbocycles. The van der Waals surface area contributed by atoms with E-state index in [-0.39, 0.29) is 11.8 Å². The molecule has 35 heavy (non-hydrogen) atoms. The van der Waals surface area contributed by atoms with Crippen LogP contribution in [0.5, 0.6) is 0 Å². The van der Waals surface area contributed by atoms with E-state index in [2.05, 4.69) is 43.1 Å². The number of hydrogen-bond acceptors (Lipinski definition) is 3. The fourth-order valence-electron chi connectivity index (χ4n) is 4.38. The van der Waals surface area contributed by atoms with Crippen LogP contribution in [-0.2, 0) is 11.3 Å². The van der Waals surface area contributed by atoms with Gasteiger partial charge in [-0.1, -0.05) is 67.9 Å². The summed E-state index contributed by atoms with van der Waals surface area (Å²) in [5, 5.41) is 0. The minimum atomic E-state index is 0.105. The van der Waals surface area contributed by atoms with Gasteiger partial charge >= 0.3 is 0 Å². The number of para-hydroxylation sites is 1. The van der Waals surface area contributed by atoms with Gasteiger partial charge in [0.2, 0.25) is 5.91 Å². The Morgan fingerprint density at radius 1 is 0.800 bits per heavy atom. The van der Waals surface area contributed by atoms with Crippen molar-refractivity contribution in [2.45, 2.75) is 32.7 Å². The molecule has 1 saturated heterocycles. The van der Waals surface area contributed by atoms with Gasteiger partial charge in [0.15, 0.2) is 0 Å². The molecule has 0 spiro atoms. The molecule has 0 saturated carbocycles. The zero-order valence-corrected chi connectivity index (χ0v) is 20.8. The van der Waals surface area contributed by atoms with E-state index >= 15 is 0 Å². The second kappa shape index (κ2) is 11.8. The average molecular weight is 470 g/mol. The van der Waals surface area contributed by atoms with Gasteiger partial charge in [0, 0.05) is 43.9 Å². The first-order valence-electron chi connectivity index (χ1n) is 12.6. The number of amides is 2. The quantitative estimate of drug-likeness (QED) is 0.440. The van der Waals surface area contributed by atoms with Crippen LogP contribution in [0.4, 0.5) is 5.69 Å². The number of likely N-dealkylation sites (N-methyl/N-ethyl adjacent to an activating group) is 1. The van der Waals surface area contributed by atoms with Crippen LogP contribution in [0.2, 0.25) is 0 Å². The minimum Gasteiger partial charge on any atom is -0.336 e. The fourth-order valence-corrected chi connectivity index (χ4v) is 4.38. The van der Waals surface area contributed by atoms with Crippen LogP contribution < -0.4 is 4.90 Å². The summed E-state index contributed by atoms with van der Waals surface area (Å²) in [4.78, 5) is 31.8. The third-order valence-corrected chi connectivity index (χ3v) is 6.66. The molecule has 0 aromatic heterocycles. The molecular formula is C30H35N3O2. The van der Waals surface area contributed by atoms with E-state index in [9.17, 15) is 9.59 Å². The molecule has 0 radical (unpaired) electrons. The van der Waals surface area contributed by atoms with Gasteiger partial charge in [0.25, 0.3) is 5.91 Å². The molecule has 2 amide bonds. The lowest BCUT2D eigenvalue weighted by molar-refractivity contribution is -0.118. The van der Waals surface area contributed by atoms with Crippen molar-refractivity contribution in [3.05, 3.63) is 90.0 Å². The van der Waals surface area contributed by atoms with Crippen molar-refractivity contribution in [1.29, 1.82) is 0 Å². The summed E-state index contributed by atoms with van der Waals surface area (Å²) in [5.74, 6) is 0.261. The number of anilines is 1. The Morgan fingerprint density at radius 3 is 2.00 bits per heavy atom. The Morgan fingerprint density at radius 2 is 1.40 bits per heavy atom. The van der Waals surface area contributed by atoms with Crippen LogP contribution in [0.3, 0.4) is 0 Å². The maximum absolute atomic E-state index is 12.9. The topological polar surface area (TPSA) is 43.9 Å². The number of unbranched alkanes of at least 4 members (excludes halogenated alkanes) is 1. The Hall–Kier alpha value is -3.44. The van der Waals surface area contributed by atoms with Crippen LogP contribution in [0.25, 0.3) is 11.1 Å². The highest BCUT2D eigenvalue weighted by Gasteiger charge is 2.20. The molecular weight excluding hydrogens is 434 g/mol. The number of hydrogen-bond donors (Lipinski definition) is 0. The predicted molar refractivity (Wildman–Crippen MR) is 142 cm³/mol. The van der Waals surface area contributed by atoms with E-state index in [0.29, 0.717) is 13.0 Å². The monoisotopic (exact) mass is 469 g/mol. The normalized spacial score (nSPS) is 14.1. The number of carbonyl (C=O) groups excluding carboxylic acids is 2. The molecule has 0 bridgehead atoms. The zero-order chi connectivity index (χ0) is 24.6. The lowest BCUT2D eigenvalue weighted by Crippen LogP contribution is -2.47. The summed E-state index contributed by atoms with van der Waals surface area (Å²) in [5.41, 5.74) is 4.92. The molecule has 0 unspecified atom stereocenters. The van der Waals surface area contributed by atoms with E-state index < -0.39 is 0 Å². The van der Waals surface area contributed by atoms with Gasteiger partial charge in [0.05, 0.1) is 6.54 Å². The van der Waals surface area contributed by atoms with Crippen LogP contribution >= 0.6 is 0 Å². The van der Waals surface area contributed by atoms with Crippen molar-refractivity contribution in [3.63, 3.8) is 0 Å². The van der Waals surface area contributed by atoms with Crippen LogP contribution in [0.1, 0.15) is 42.1 Å². The zero-order valence-electron chi connectivity index (χ0n) is 20.8. The molecule has 5 nitrogen and oxygen atoms in total. The molecule has 0 atom stereocenters. The minimum absolute atomic E-state index is 0.105. The van der Waals surface area contributed by atoms with E-state index in [4.69, 9.17) is 0 Å². The first-order valence-corrected chi connectivity index (χ1v) is 12.6. The van der Waals surface area contributed by atoms with Crippen LogP contribution in [0.15, 0.2) is 78.9 Å². The van der Waals surface area contributed by atoms with Crippen molar-refractivity contribution in [2.75, 3.05) is 38.1 Å². The Balaban J connectivity index is 1.44. The third-order valence-electron chi connectivity index (χ3n) is 6.66. The summed E-state index contributed by atoms with van der Waals surface area (Å²) in [6, 6.07) is 26.1. The first-order chi connectivity index (χ1) is 17.0. The van der Waals surface area contributed by atoms with Crippen molar-refractivity contribution < 1.29 is 9.59 Å². The van der Waals surface area contributed by atoms with E-state index in [0.717, 1.165) is 67.0 Å². The van der Waals surface area contributed by atoms with Crippen molar-refractivity contribution >= 4 is 17.5 Å². The number of benzene rings is 3. The fraction of sp³-hybridized carbons (Fsp3) is 0.333. The highest BCUT2D eigenvalue weighted by Crippen LogP contribution is 2.24. The van der Waals surface area contributed by atoms with Crippen LogP contribution in [0, 0.1) is 0 Å². The molecule has 3 aromatic rings. The van der Waals surface area contributed by atoms with Gasteiger partial charge < -0.3 is 14.7 Å². The van der Waals surface area contributed by atoms with E-state index in [1.165, 1.54) is 0 Å². The smallest absolute Gasteiger partial charge is 0.253 e. The molecule has 0 aliphatic carbocycles. The largest absolute Gasteiger partial charge is 0.336 e. The van der Waals surface area contributed by atoms with Crippen molar-refractivity contribution in [3.8, 4) is 11.1 Å². The van der Waals surface area contributed by atoms with Gasteiger partial charge in [0.1, 0.15) is 0 Å². The highest BCUT2D eigenvalue weighted by atomic mass is 16.2. The number of nitrogens with zero attached hydrogens (tertiary/aromatic N) is 3. The van der Waals surface area contributed by atoms with Gasteiger partial charge in [-0.3, -0.25) is 9.59 Å². The van der Waals surface area contributed by atoms with E-state index in [1.807, 2.05) is 64.4 Å². The molecule has 1 fully saturated rings. The second-order valence-electron chi connectivity index (χ2n) is 9.29. The van der Waals surface area contributed by atoms with Crippen LogP contribution in [-0.4, -0.2) is 54.8 Å². The molecule has 1 aliphatic heterocycles. The molecule has 0 N–H and O–H groups in total. The molecule has 1 aliphatic rings. The SMILES string of the molecule is CCCCC(=O)N(Cc1ccc(-c2ccc(C(=O)N3CCN(C)CC3)cc2)cc1)c1ccccc1. The second-order valence-corrected chi connectivity index (χ2v) is 9.29. The molecule has 5 heteroatoms. The molecule has 182 valence electrons. The summed E-state index contributed by atoms with van der Waals surface area (Å²) < 4.78 is 0. The summed E-state index contributed by atoms with van der Waals surface area (Å²) >= 11 is 0. The molecule has 1 heterocycles. The van der Waals surface area contributed by atoms with Gasteiger partial charge in [-0.25, -0.2) is 0 Å². The lowest BCUT2D eigenvalue weighted by atomic mass is 10.0. The Kier molecular flexibility index (Phi) is 8.32. The first kappa shape index (κ1) is 24.7. The van der Waals surface area contributed by atoms with Gasteiger partial charge in [-0.2, -0.15) is 0 Å². The standard InChI is InChI=1S/C30H35N3O2/c1-3-4-10-29(34)33(28-8-6-5-7-9-28)23-24-11-13-25(14-12-24)26-15-17-27(18-16-26)30(35)32-21-19-31(2)20-22-32/h5-9,11-18H,3-4,10,19-23H2,1-2H3. The number of rotatable bonds is 8. The summed E-state index contributed by atoms with van der Waals surface area (Å²) in [7, 11) is 2.09. The van der Waals surface area contributed by atoms with E-state index in [1.54, 1.807) is 0 Å².